The van der Waals surface area contributed by atoms with E-state index in [9.17, 15) is 9.59 Å². The van der Waals surface area contributed by atoms with Gasteiger partial charge in [0.05, 0.1) is 17.8 Å². The van der Waals surface area contributed by atoms with Crippen molar-refractivity contribution in [3.63, 3.8) is 0 Å². The Hall–Kier alpha value is -2.13. The fourth-order valence-electron chi connectivity index (χ4n) is 2.91. The summed E-state index contributed by atoms with van der Waals surface area (Å²) in [6.45, 7) is 6.75. The first kappa shape index (κ1) is 15.3. The summed E-state index contributed by atoms with van der Waals surface area (Å²) >= 11 is 0. The largest absolute Gasteiger partial charge is 0.372 e. The molecule has 1 aromatic heterocycles. The summed E-state index contributed by atoms with van der Waals surface area (Å²) in [6.07, 6.45) is 0.744. The minimum atomic E-state index is -0.373. The first-order chi connectivity index (χ1) is 9.90. The van der Waals surface area contributed by atoms with Gasteiger partial charge in [-0.1, -0.05) is 0 Å². The SMILES string of the molecule is Cc1c(C=O)c(N2CC(C)OC(C)C2)n(C)c(=O)c1C#N. The molecule has 0 aromatic carbocycles. The minimum absolute atomic E-state index is 0.0132. The van der Waals surface area contributed by atoms with Gasteiger partial charge in [-0.3, -0.25) is 14.2 Å². The van der Waals surface area contributed by atoms with E-state index in [2.05, 4.69) is 0 Å². The van der Waals surface area contributed by atoms with Crippen molar-refractivity contribution < 1.29 is 9.53 Å². The number of aldehydes is 1. The topological polar surface area (TPSA) is 75.3 Å². The van der Waals surface area contributed by atoms with Crippen molar-refractivity contribution in [2.75, 3.05) is 18.0 Å². The van der Waals surface area contributed by atoms with E-state index in [-0.39, 0.29) is 23.3 Å². The van der Waals surface area contributed by atoms with E-state index in [1.165, 1.54) is 4.57 Å². The van der Waals surface area contributed by atoms with E-state index >= 15 is 0 Å². The number of carbonyl (C=O) groups excluding carboxylic acids is 1. The highest BCUT2D eigenvalue weighted by molar-refractivity contribution is 5.86. The molecule has 112 valence electrons. The summed E-state index contributed by atoms with van der Waals surface area (Å²) in [5, 5.41) is 9.12. The monoisotopic (exact) mass is 289 g/mol. The molecule has 2 rings (SSSR count). The molecule has 0 spiro atoms. The van der Waals surface area contributed by atoms with Gasteiger partial charge in [-0.25, -0.2) is 0 Å². The smallest absolute Gasteiger partial charge is 0.270 e. The molecule has 1 aliphatic heterocycles. The van der Waals surface area contributed by atoms with Crippen LogP contribution < -0.4 is 10.5 Å². The number of aromatic nitrogens is 1. The first-order valence-electron chi connectivity index (χ1n) is 6.90. The molecule has 6 heteroatoms. The number of ether oxygens (including phenoxy) is 1. The second-order valence-corrected chi connectivity index (χ2v) is 5.49. The number of hydrogen-bond donors (Lipinski definition) is 0. The maximum atomic E-state index is 12.3. The number of anilines is 1. The molecule has 21 heavy (non-hydrogen) atoms. The standard InChI is InChI=1S/C15H19N3O3/c1-9-6-18(7-10(2)21-9)14-13(8-19)11(3)12(5-16)15(20)17(14)4/h8-10H,6-7H2,1-4H3. The van der Waals surface area contributed by atoms with Crippen LogP contribution in [0, 0.1) is 18.3 Å². The van der Waals surface area contributed by atoms with Crippen LogP contribution in [0.5, 0.6) is 0 Å². The third-order valence-electron chi connectivity index (χ3n) is 3.80. The summed E-state index contributed by atoms with van der Waals surface area (Å²) < 4.78 is 7.08. The zero-order valence-corrected chi connectivity index (χ0v) is 12.7. The van der Waals surface area contributed by atoms with Gasteiger partial charge in [-0.05, 0) is 26.3 Å². The number of carbonyl (C=O) groups is 1. The lowest BCUT2D eigenvalue weighted by Crippen LogP contribution is -2.48. The highest BCUT2D eigenvalue weighted by atomic mass is 16.5. The average Bonchev–Trinajstić information content (AvgIpc) is 2.42. The maximum Gasteiger partial charge on any atom is 0.270 e. The number of pyridine rings is 1. The molecule has 1 saturated heterocycles. The Morgan fingerprint density at radius 2 is 1.90 bits per heavy atom. The Kier molecular flexibility index (Phi) is 4.14. The van der Waals surface area contributed by atoms with Crippen molar-refractivity contribution in [1.29, 1.82) is 5.26 Å². The fourth-order valence-corrected chi connectivity index (χ4v) is 2.91. The lowest BCUT2D eigenvalue weighted by Gasteiger charge is -2.38. The molecular formula is C15H19N3O3. The molecule has 0 amide bonds. The molecule has 2 unspecified atom stereocenters. The second kappa shape index (κ2) is 5.70. The van der Waals surface area contributed by atoms with Crippen molar-refractivity contribution in [2.24, 2.45) is 7.05 Å². The van der Waals surface area contributed by atoms with E-state index in [0.717, 1.165) is 6.29 Å². The van der Waals surface area contributed by atoms with E-state index < -0.39 is 0 Å². The number of nitrogens with zero attached hydrogens (tertiary/aromatic N) is 3. The molecule has 0 bridgehead atoms. The molecule has 0 aliphatic carbocycles. The van der Waals surface area contributed by atoms with E-state index in [1.54, 1.807) is 14.0 Å². The summed E-state index contributed by atoms with van der Waals surface area (Å²) in [4.78, 5) is 25.8. The van der Waals surface area contributed by atoms with Gasteiger partial charge in [-0.15, -0.1) is 0 Å². The molecule has 0 radical (unpaired) electrons. The van der Waals surface area contributed by atoms with Gasteiger partial charge in [0, 0.05) is 20.1 Å². The number of rotatable bonds is 2. The zero-order chi connectivity index (χ0) is 15.7. The minimum Gasteiger partial charge on any atom is -0.372 e. The van der Waals surface area contributed by atoms with Gasteiger partial charge in [0.2, 0.25) is 0 Å². The van der Waals surface area contributed by atoms with Crippen LogP contribution in [0.4, 0.5) is 5.82 Å². The number of hydrogen-bond acceptors (Lipinski definition) is 5. The number of nitriles is 1. The van der Waals surface area contributed by atoms with Crippen molar-refractivity contribution in [3.8, 4) is 6.07 Å². The summed E-state index contributed by atoms with van der Waals surface area (Å²) in [5.41, 5.74) is 0.493. The predicted molar refractivity (Wildman–Crippen MR) is 78.7 cm³/mol. The van der Waals surface area contributed by atoms with Crippen molar-refractivity contribution in [3.05, 3.63) is 27.0 Å². The summed E-state index contributed by atoms with van der Waals surface area (Å²) in [5.74, 6) is 0.563. The third-order valence-corrected chi connectivity index (χ3v) is 3.80. The normalized spacial score (nSPS) is 22.0. The molecule has 1 aliphatic rings. The maximum absolute atomic E-state index is 12.3. The summed E-state index contributed by atoms with van der Waals surface area (Å²) in [6, 6.07) is 1.89. The van der Waals surface area contributed by atoms with Gasteiger partial charge in [0.15, 0.2) is 6.29 Å². The van der Waals surface area contributed by atoms with Gasteiger partial charge in [0.1, 0.15) is 17.5 Å². The Labute approximate surface area is 123 Å². The molecule has 0 N–H and O–H groups in total. The summed E-state index contributed by atoms with van der Waals surface area (Å²) in [7, 11) is 1.59. The molecule has 1 aromatic rings. The highest BCUT2D eigenvalue weighted by Gasteiger charge is 2.28. The van der Waals surface area contributed by atoms with E-state index in [0.29, 0.717) is 30.0 Å². The first-order valence-corrected chi connectivity index (χ1v) is 6.90. The quantitative estimate of drug-likeness (QED) is 0.759. The van der Waals surface area contributed by atoms with Crippen molar-refractivity contribution >= 4 is 12.1 Å². The Balaban J connectivity index is 2.66. The fraction of sp³-hybridized carbons (Fsp3) is 0.533. The van der Waals surface area contributed by atoms with Crippen LogP contribution in [0.1, 0.15) is 35.3 Å². The molecule has 6 nitrogen and oxygen atoms in total. The van der Waals surface area contributed by atoms with Crippen LogP contribution in [-0.4, -0.2) is 36.2 Å². The molecule has 1 fully saturated rings. The van der Waals surface area contributed by atoms with Crippen LogP contribution >= 0.6 is 0 Å². The van der Waals surface area contributed by atoms with Crippen LogP contribution in [0.25, 0.3) is 0 Å². The molecule has 2 atom stereocenters. The van der Waals surface area contributed by atoms with Gasteiger partial charge in [0.25, 0.3) is 5.56 Å². The van der Waals surface area contributed by atoms with Crippen LogP contribution in [0.15, 0.2) is 4.79 Å². The lowest BCUT2D eigenvalue weighted by atomic mass is 10.0. The Morgan fingerprint density at radius 1 is 1.33 bits per heavy atom. The lowest BCUT2D eigenvalue weighted by molar-refractivity contribution is -0.00570. The predicted octanol–water partition coefficient (Wildman–Crippen LogP) is 0.991. The van der Waals surface area contributed by atoms with Crippen LogP contribution in [0.2, 0.25) is 0 Å². The van der Waals surface area contributed by atoms with Crippen molar-refractivity contribution in [1.82, 2.24) is 4.57 Å². The Morgan fingerprint density at radius 3 is 2.38 bits per heavy atom. The average molecular weight is 289 g/mol. The third kappa shape index (κ3) is 2.57. The zero-order valence-electron chi connectivity index (χ0n) is 12.7. The van der Waals surface area contributed by atoms with E-state index in [4.69, 9.17) is 10.00 Å². The second-order valence-electron chi connectivity index (χ2n) is 5.49. The molecule has 0 saturated carbocycles. The Bertz CT molecular complexity index is 662. The van der Waals surface area contributed by atoms with Gasteiger partial charge in [-0.2, -0.15) is 5.26 Å². The molecular weight excluding hydrogens is 270 g/mol. The molecule has 2 heterocycles. The highest BCUT2D eigenvalue weighted by Crippen LogP contribution is 2.25. The van der Waals surface area contributed by atoms with Crippen LogP contribution in [-0.2, 0) is 11.8 Å². The van der Waals surface area contributed by atoms with E-state index in [1.807, 2.05) is 24.8 Å². The van der Waals surface area contributed by atoms with Crippen LogP contribution in [0.3, 0.4) is 0 Å². The van der Waals surface area contributed by atoms with Gasteiger partial charge < -0.3 is 9.64 Å². The van der Waals surface area contributed by atoms with Crippen molar-refractivity contribution in [2.45, 2.75) is 33.0 Å². The number of morpholine rings is 1. The van der Waals surface area contributed by atoms with Gasteiger partial charge >= 0.3 is 0 Å².